The zero-order valence-corrected chi connectivity index (χ0v) is 10.8. The summed E-state index contributed by atoms with van der Waals surface area (Å²) in [5.74, 6) is 0. The fourth-order valence-electron chi connectivity index (χ4n) is 1.50. The molecule has 0 heterocycles. The largest absolute Gasteiger partial charge is 0.399 e. The van der Waals surface area contributed by atoms with E-state index in [-0.39, 0.29) is 18.0 Å². The molecule has 1 aromatic carbocycles. The van der Waals surface area contributed by atoms with Gasteiger partial charge in [-0.05, 0) is 43.5 Å². The summed E-state index contributed by atoms with van der Waals surface area (Å²) in [6, 6.07) is 3.19. The van der Waals surface area contributed by atoms with Crippen molar-refractivity contribution in [2.24, 2.45) is 0 Å². The maximum absolute atomic E-state index is 12.0. The van der Waals surface area contributed by atoms with Crippen LogP contribution in [-0.4, -0.2) is 26.7 Å². The number of nitrogens with one attached hydrogen (secondary N) is 1. The summed E-state index contributed by atoms with van der Waals surface area (Å²) in [4.78, 5) is 0.202. The molecular formula is C11H18N2O3S. The highest BCUT2D eigenvalue weighted by molar-refractivity contribution is 7.89. The van der Waals surface area contributed by atoms with Gasteiger partial charge in [0.15, 0.2) is 0 Å². The Morgan fingerprint density at radius 3 is 2.59 bits per heavy atom. The van der Waals surface area contributed by atoms with E-state index in [1.165, 1.54) is 6.07 Å². The molecule has 0 fully saturated rings. The molecule has 0 aliphatic rings. The molecular weight excluding hydrogens is 240 g/mol. The molecule has 0 aliphatic heterocycles. The third-order valence-electron chi connectivity index (χ3n) is 2.56. The van der Waals surface area contributed by atoms with Crippen molar-refractivity contribution in [1.82, 2.24) is 4.72 Å². The Kier molecular flexibility index (Phi) is 4.50. The zero-order chi connectivity index (χ0) is 13.1. The lowest BCUT2D eigenvalue weighted by atomic mass is 10.1. The Morgan fingerprint density at radius 1 is 1.35 bits per heavy atom. The molecule has 4 N–H and O–H groups in total. The van der Waals surface area contributed by atoms with Crippen LogP contribution in [0, 0.1) is 13.8 Å². The van der Waals surface area contributed by atoms with Gasteiger partial charge in [-0.3, -0.25) is 0 Å². The Labute approximate surface area is 102 Å². The van der Waals surface area contributed by atoms with Crippen molar-refractivity contribution < 1.29 is 13.5 Å². The second kappa shape index (κ2) is 5.48. The Hall–Kier alpha value is -1.11. The molecule has 0 atom stereocenters. The highest BCUT2D eigenvalue weighted by Crippen LogP contribution is 2.22. The summed E-state index contributed by atoms with van der Waals surface area (Å²) >= 11 is 0. The quantitative estimate of drug-likeness (QED) is 0.531. The van der Waals surface area contributed by atoms with Crippen LogP contribution in [0.25, 0.3) is 0 Å². The molecule has 0 amide bonds. The highest BCUT2D eigenvalue weighted by Gasteiger charge is 2.17. The fraction of sp³-hybridized carbons (Fsp3) is 0.455. The summed E-state index contributed by atoms with van der Waals surface area (Å²) < 4.78 is 26.4. The van der Waals surface area contributed by atoms with Gasteiger partial charge in [0.25, 0.3) is 0 Å². The van der Waals surface area contributed by atoms with Crippen LogP contribution in [-0.2, 0) is 10.0 Å². The lowest BCUT2D eigenvalue weighted by Gasteiger charge is -2.11. The van der Waals surface area contributed by atoms with E-state index in [0.29, 0.717) is 17.7 Å². The van der Waals surface area contributed by atoms with Crippen LogP contribution in [0.1, 0.15) is 17.5 Å². The number of aryl methyl sites for hydroxylation is 1. The Morgan fingerprint density at radius 2 is 2.00 bits per heavy atom. The molecule has 0 bridgehead atoms. The Balaban J connectivity index is 3.06. The van der Waals surface area contributed by atoms with Crippen molar-refractivity contribution in [3.05, 3.63) is 23.3 Å². The summed E-state index contributed by atoms with van der Waals surface area (Å²) in [5.41, 5.74) is 7.60. The minimum atomic E-state index is -3.55. The lowest BCUT2D eigenvalue weighted by molar-refractivity contribution is 0.289. The molecule has 0 unspecified atom stereocenters. The van der Waals surface area contributed by atoms with E-state index in [4.69, 9.17) is 10.8 Å². The molecule has 0 saturated carbocycles. The predicted octanol–water partition coefficient (Wildman–Crippen LogP) is 0.546. The van der Waals surface area contributed by atoms with E-state index in [1.807, 2.05) is 6.92 Å². The van der Waals surface area contributed by atoms with Crippen molar-refractivity contribution in [1.29, 1.82) is 0 Å². The number of rotatable bonds is 5. The maximum Gasteiger partial charge on any atom is 0.240 e. The molecule has 96 valence electrons. The molecule has 6 heteroatoms. The van der Waals surface area contributed by atoms with Gasteiger partial charge < -0.3 is 10.8 Å². The first-order valence-electron chi connectivity index (χ1n) is 5.35. The third-order valence-corrected chi connectivity index (χ3v) is 4.15. The second-order valence-electron chi connectivity index (χ2n) is 3.94. The first-order valence-corrected chi connectivity index (χ1v) is 6.84. The van der Waals surface area contributed by atoms with Crippen LogP contribution < -0.4 is 10.5 Å². The molecule has 0 spiro atoms. The number of benzene rings is 1. The molecule has 0 aromatic heterocycles. The SMILES string of the molecule is Cc1cc(N)cc(S(=O)(=O)NCCCO)c1C. The molecule has 0 radical (unpaired) electrons. The third kappa shape index (κ3) is 3.42. The van der Waals surface area contributed by atoms with Crippen LogP contribution in [0.4, 0.5) is 5.69 Å². The van der Waals surface area contributed by atoms with Gasteiger partial charge in [-0.25, -0.2) is 13.1 Å². The van der Waals surface area contributed by atoms with Crippen molar-refractivity contribution >= 4 is 15.7 Å². The molecule has 17 heavy (non-hydrogen) atoms. The zero-order valence-electron chi connectivity index (χ0n) is 10.0. The van der Waals surface area contributed by atoms with E-state index in [1.54, 1.807) is 13.0 Å². The van der Waals surface area contributed by atoms with Gasteiger partial charge in [0.05, 0.1) is 4.90 Å². The molecule has 0 aliphatic carbocycles. The number of anilines is 1. The summed E-state index contributed by atoms with van der Waals surface area (Å²) in [6.07, 6.45) is 0.388. The number of aliphatic hydroxyl groups is 1. The molecule has 1 rings (SSSR count). The normalized spacial score (nSPS) is 11.7. The van der Waals surface area contributed by atoms with E-state index in [2.05, 4.69) is 4.72 Å². The number of aliphatic hydroxyl groups excluding tert-OH is 1. The van der Waals surface area contributed by atoms with Crippen LogP contribution in [0.2, 0.25) is 0 Å². The first-order chi connectivity index (χ1) is 7.88. The van der Waals surface area contributed by atoms with Gasteiger partial charge in [-0.2, -0.15) is 0 Å². The second-order valence-corrected chi connectivity index (χ2v) is 5.67. The van der Waals surface area contributed by atoms with Crippen LogP contribution >= 0.6 is 0 Å². The van der Waals surface area contributed by atoms with Crippen molar-refractivity contribution in [2.75, 3.05) is 18.9 Å². The average Bonchev–Trinajstić information content (AvgIpc) is 2.23. The van der Waals surface area contributed by atoms with E-state index in [9.17, 15) is 8.42 Å². The molecule has 0 saturated heterocycles. The lowest BCUT2D eigenvalue weighted by Crippen LogP contribution is -2.26. The number of nitrogens with two attached hydrogens (primary N) is 1. The summed E-state index contributed by atoms with van der Waals surface area (Å²) in [7, 11) is -3.55. The van der Waals surface area contributed by atoms with Crippen molar-refractivity contribution in [3.8, 4) is 0 Å². The van der Waals surface area contributed by atoms with Crippen LogP contribution in [0.5, 0.6) is 0 Å². The van der Waals surface area contributed by atoms with Gasteiger partial charge >= 0.3 is 0 Å². The average molecular weight is 258 g/mol. The fourth-order valence-corrected chi connectivity index (χ4v) is 2.92. The number of nitrogen functional groups attached to an aromatic ring is 1. The molecule has 5 nitrogen and oxygen atoms in total. The van der Waals surface area contributed by atoms with Crippen LogP contribution in [0.3, 0.4) is 0 Å². The van der Waals surface area contributed by atoms with E-state index < -0.39 is 10.0 Å². The first kappa shape index (κ1) is 14.0. The van der Waals surface area contributed by atoms with Gasteiger partial charge in [0.2, 0.25) is 10.0 Å². The Bertz CT molecular complexity index is 498. The predicted molar refractivity (Wildman–Crippen MR) is 67.2 cm³/mol. The number of hydrogen-bond donors (Lipinski definition) is 3. The van der Waals surface area contributed by atoms with Gasteiger partial charge in [-0.15, -0.1) is 0 Å². The van der Waals surface area contributed by atoms with Gasteiger partial charge in [-0.1, -0.05) is 0 Å². The molecule has 1 aromatic rings. The minimum absolute atomic E-state index is 0.0442. The minimum Gasteiger partial charge on any atom is -0.399 e. The number of hydrogen-bond acceptors (Lipinski definition) is 4. The van der Waals surface area contributed by atoms with Crippen LogP contribution in [0.15, 0.2) is 17.0 Å². The van der Waals surface area contributed by atoms with Crippen molar-refractivity contribution in [2.45, 2.75) is 25.2 Å². The maximum atomic E-state index is 12.0. The summed E-state index contributed by atoms with van der Waals surface area (Å²) in [5, 5.41) is 8.62. The smallest absolute Gasteiger partial charge is 0.240 e. The van der Waals surface area contributed by atoms with E-state index in [0.717, 1.165) is 5.56 Å². The topological polar surface area (TPSA) is 92.4 Å². The van der Waals surface area contributed by atoms with E-state index >= 15 is 0 Å². The highest BCUT2D eigenvalue weighted by atomic mass is 32.2. The van der Waals surface area contributed by atoms with Gasteiger partial charge in [0, 0.05) is 18.8 Å². The monoisotopic (exact) mass is 258 g/mol. The number of sulfonamides is 1. The standard InChI is InChI=1S/C11H18N2O3S/c1-8-6-10(12)7-11(9(8)2)17(15,16)13-4-3-5-14/h6-7,13-14H,3-5,12H2,1-2H3. The van der Waals surface area contributed by atoms with Gasteiger partial charge in [0.1, 0.15) is 0 Å². The van der Waals surface area contributed by atoms with Crippen molar-refractivity contribution in [3.63, 3.8) is 0 Å². The summed E-state index contributed by atoms with van der Waals surface area (Å²) in [6.45, 7) is 3.73.